The Hall–Kier alpha value is -1.14. The van der Waals surface area contributed by atoms with Gasteiger partial charge in [0.05, 0.1) is 6.61 Å². The number of carbonyl (C=O) groups is 2. The van der Waals surface area contributed by atoms with Crippen LogP contribution in [0.3, 0.4) is 0 Å². The molecule has 2 amide bonds. The fraction of sp³-hybridized carbons (Fsp3) is 0.800. The molecule has 1 aliphatic heterocycles. The molecule has 92 valence electrons. The molecule has 0 spiro atoms. The van der Waals surface area contributed by atoms with Crippen molar-refractivity contribution >= 4 is 11.8 Å². The third kappa shape index (κ3) is 4.59. The van der Waals surface area contributed by atoms with Crippen molar-refractivity contribution in [2.24, 2.45) is 0 Å². The fourth-order valence-electron chi connectivity index (χ4n) is 1.42. The van der Waals surface area contributed by atoms with Crippen molar-refractivity contribution in [2.45, 2.75) is 12.5 Å². The molecule has 0 aromatic carbocycles. The Morgan fingerprint density at radius 3 is 3.00 bits per heavy atom. The molecule has 2 N–H and O–H groups in total. The second-order valence-corrected chi connectivity index (χ2v) is 4.08. The van der Waals surface area contributed by atoms with Crippen molar-refractivity contribution in [3.8, 4) is 0 Å². The van der Waals surface area contributed by atoms with E-state index in [2.05, 4.69) is 15.5 Å². The van der Waals surface area contributed by atoms with Gasteiger partial charge in [0.1, 0.15) is 12.6 Å². The summed E-state index contributed by atoms with van der Waals surface area (Å²) < 4.78 is 4.98. The largest absolute Gasteiger partial charge is 0.369 e. The topological polar surface area (TPSA) is 70.7 Å². The number of nitrogens with one attached hydrogen (secondary N) is 2. The van der Waals surface area contributed by atoms with Crippen molar-refractivity contribution < 1.29 is 14.3 Å². The summed E-state index contributed by atoms with van der Waals surface area (Å²) >= 11 is 0. The molecule has 1 unspecified atom stereocenters. The van der Waals surface area contributed by atoms with Gasteiger partial charge in [0.2, 0.25) is 11.8 Å². The quantitative estimate of drug-likeness (QED) is 0.567. The molecule has 1 atom stereocenters. The minimum absolute atomic E-state index is 0.0460. The van der Waals surface area contributed by atoms with E-state index in [0.717, 1.165) is 13.0 Å². The molecule has 1 aliphatic rings. The highest BCUT2D eigenvalue weighted by atomic mass is 16.5. The number of nitrogens with zero attached hydrogens (tertiary/aromatic N) is 1. The normalized spacial score (nSPS) is 20.7. The molecule has 1 saturated heterocycles. The summed E-state index contributed by atoms with van der Waals surface area (Å²) in [5, 5.41) is 5.35. The lowest BCUT2D eigenvalue weighted by Gasteiger charge is -2.22. The van der Waals surface area contributed by atoms with Crippen molar-refractivity contribution in [2.75, 3.05) is 40.4 Å². The van der Waals surface area contributed by atoms with Gasteiger partial charge in [0, 0.05) is 6.54 Å². The van der Waals surface area contributed by atoms with E-state index in [-0.39, 0.29) is 25.0 Å². The van der Waals surface area contributed by atoms with Crippen molar-refractivity contribution in [3.63, 3.8) is 0 Å². The molecule has 1 heterocycles. The van der Waals surface area contributed by atoms with Crippen LogP contribution in [0.4, 0.5) is 0 Å². The first-order chi connectivity index (χ1) is 7.59. The average Bonchev–Trinajstić information content (AvgIpc) is 2.24. The first-order valence-corrected chi connectivity index (χ1v) is 5.39. The van der Waals surface area contributed by atoms with Gasteiger partial charge in [-0.25, -0.2) is 0 Å². The zero-order valence-corrected chi connectivity index (χ0v) is 9.78. The number of ether oxygens (including phenoxy) is 1. The number of carbonyl (C=O) groups excluding carboxylic acids is 2. The lowest BCUT2D eigenvalue weighted by Crippen LogP contribution is -2.54. The van der Waals surface area contributed by atoms with Crippen LogP contribution < -0.4 is 10.6 Å². The lowest BCUT2D eigenvalue weighted by atomic mass is 10.2. The summed E-state index contributed by atoms with van der Waals surface area (Å²) in [6.45, 7) is 1.84. The summed E-state index contributed by atoms with van der Waals surface area (Å²) in [6, 6.07) is -0.541. The maximum atomic E-state index is 11.6. The highest BCUT2D eigenvalue weighted by Crippen LogP contribution is 1.94. The Morgan fingerprint density at radius 1 is 1.62 bits per heavy atom. The molecule has 0 aromatic heterocycles. The molecule has 0 saturated carbocycles. The number of hydrogen-bond acceptors (Lipinski definition) is 4. The van der Waals surface area contributed by atoms with Crippen LogP contribution in [0.15, 0.2) is 0 Å². The van der Waals surface area contributed by atoms with Gasteiger partial charge in [-0.05, 0) is 27.1 Å². The summed E-state index contributed by atoms with van der Waals surface area (Å²) in [4.78, 5) is 24.6. The van der Waals surface area contributed by atoms with Gasteiger partial charge in [-0.3, -0.25) is 9.59 Å². The van der Waals surface area contributed by atoms with Crippen molar-refractivity contribution in [1.82, 2.24) is 15.5 Å². The molecule has 0 aromatic rings. The molecule has 0 radical (unpaired) electrons. The van der Waals surface area contributed by atoms with E-state index in [1.54, 1.807) is 0 Å². The summed E-state index contributed by atoms with van der Waals surface area (Å²) in [7, 11) is 3.97. The lowest BCUT2D eigenvalue weighted by molar-refractivity contribution is -0.138. The van der Waals surface area contributed by atoms with Crippen LogP contribution in [0, 0.1) is 0 Å². The van der Waals surface area contributed by atoms with E-state index >= 15 is 0 Å². The number of amides is 2. The molecule has 6 heteroatoms. The third-order valence-corrected chi connectivity index (χ3v) is 2.25. The SMILES string of the molecule is CN(C)CCCNC(=O)C1COCC(=O)N1. The van der Waals surface area contributed by atoms with Crippen LogP contribution >= 0.6 is 0 Å². The van der Waals surface area contributed by atoms with E-state index in [0.29, 0.717) is 6.54 Å². The molecular formula is C10H19N3O3. The van der Waals surface area contributed by atoms with E-state index < -0.39 is 6.04 Å². The van der Waals surface area contributed by atoms with Gasteiger partial charge in [-0.1, -0.05) is 0 Å². The van der Waals surface area contributed by atoms with Crippen molar-refractivity contribution in [3.05, 3.63) is 0 Å². The molecule has 0 bridgehead atoms. The molecule has 1 fully saturated rings. The molecule has 0 aliphatic carbocycles. The maximum Gasteiger partial charge on any atom is 0.246 e. The van der Waals surface area contributed by atoms with E-state index in [9.17, 15) is 9.59 Å². The predicted molar refractivity (Wildman–Crippen MR) is 58.9 cm³/mol. The van der Waals surface area contributed by atoms with E-state index in [1.165, 1.54) is 0 Å². The molecular weight excluding hydrogens is 210 g/mol. The Balaban J connectivity index is 2.16. The zero-order valence-electron chi connectivity index (χ0n) is 9.78. The zero-order chi connectivity index (χ0) is 12.0. The van der Waals surface area contributed by atoms with Gasteiger partial charge in [0.25, 0.3) is 0 Å². The number of hydrogen-bond donors (Lipinski definition) is 2. The van der Waals surface area contributed by atoms with Crippen LogP contribution in [0.2, 0.25) is 0 Å². The van der Waals surface area contributed by atoms with Crippen LogP contribution in [-0.2, 0) is 14.3 Å². The third-order valence-electron chi connectivity index (χ3n) is 2.25. The fourth-order valence-corrected chi connectivity index (χ4v) is 1.42. The highest BCUT2D eigenvalue weighted by Gasteiger charge is 2.24. The first kappa shape index (κ1) is 12.9. The smallest absolute Gasteiger partial charge is 0.246 e. The second kappa shape index (κ2) is 6.44. The summed E-state index contributed by atoms with van der Waals surface area (Å²) in [5.41, 5.74) is 0. The van der Waals surface area contributed by atoms with Gasteiger partial charge >= 0.3 is 0 Å². The van der Waals surface area contributed by atoms with Gasteiger partial charge in [-0.2, -0.15) is 0 Å². The van der Waals surface area contributed by atoms with E-state index in [1.807, 2.05) is 14.1 Å². The molecule has 16 heavy (non-hydrogen) atoms. The summed E-state index contributed by atoms with van der Waals surface area (Å²) in [5.74, 6) is -0.411. The number of morpholine rings is 1. The predicted octanol–water partition coefficient (Wildman–Crippen LogP) is -1.43. The van der Waals surface area contributed by atoms with Crippen molar-refractivity contribution in [1.29, 1.82) is 0 Å². The molecule has 6 nitrogen and oxygen atoms in total. The van der Waals surface area contributed by atoms with Gasteiger partial charge < -0.3 is 20.3 Å². The Kier molecular flexibility index (Phi) is 5.21. The van der Waals surface area contributed by atoms with E-state index in [4.69, 9.17) is 4.74 Å². The Bertz CT molecular complexity index is 256. The first-order valence-electron chi connectivity index (χ1n) is 5.39. The summed E-state index contributed by atoms with van der Waals surface area (Å²) in [6.07, 6.45) is 0.889. The average molecular weight is 229 g/mol. The van der Waals surface area contributed by atoms with Gasteiger partial charge in [0.15, 0.2) is 0 Å². The maximum absolute atomic E-state index is 11.6. The van der Waals surface area contributed by atoms with Crippen LogP contribution in [0.5, 0.6) is 0 Å². The monoisotopic (exact) mass is 229 g/mol. The van der Waals surface area contributed by atoms with Gasteiger partial charge in [-0.15, -0.1) is 0 Å². The second-order valence-electron chi connectivity index (χ2n) is 4.08. The minimum Gasteiger partial charge on any atom is -0.369 e. The standard InChI is InChI=1S/C10H19N3O3/c1-13(2)5-3-4-11-10(15)8-6-16-7-9(14)12-8/h8H,3-7H2,1-2H3,(H,11,15)(H,12,14). The Morgan fingerprint density at radius 2 is 2.38 bits per heavy atom. The Labute approximate surface area is 95.3 Å². The minimum atomic E-state index is -0.541. The van der Waals surface area contributed by atoms with Crippen LogP contribution in [0.1, 0.15) is 6.42 Å². The van der Waals surface area contributed by atoms with Crippen LogP contribution in [-0.4, -0.2) is 63.2 Å². The van der Waals surface area contributed by atoms with Crippen LogP contribution in [0.25, 0.3) is 0 Å². The highest BCUT2D eigenvalue weighted by molar-refractivity contribution is 5.88. The molecule has 1 rings (SSSR count). The number of rotatable bonds is 5.